The monoisotopic (exact) mass is 377 g/mol. The van der Waals surface area contributed by atoms with Crippen molar-refractivity contribution in [3.05, 3.63) is 78.1 Å². The quantitative estimate of drug-likeness (QED) is 0.685. The van der Waals surface area contributed by atoms with E-state index in [0.717, 1.165) is 0 Å². The van der Waals surface area contributed by atoms with Crippen LogP contribution >= 0.6 is 0 Å². The fraction of sp³-hybridized carbons (Fsp3) is 0.0952. The van der Waals surface area contributed by atoms with Gasteiger partial charge < -0.3 is 20.1 Å². The Morgan fingerprint density at radius 1 is 0.857 bits per heavy atom. The van der Waals surface area contributed by atoms with E-state index in [0.29, 0.717) is 34.0 Å². The van der Waals surface area contributed by atoms with E-state index in [4.69, 9.17) is 9.47 Å². The molecule has 0 aliphatic heterocycles. The number of nitrogens with zero attached hydrogens (tertiary/aromatic N) is 1. The summed E-state index contributed by atoms with van der Waals surface area (Å²) in [5.74, 6) is 0.344. The number of hydrogen-bond acceptors (Lipinski definition) is 5. The van der Waals surface area contributed by atoms with Crippen molar-refractivity contribution in [2.24, 2.45) is 0 Å². The molecule has 7 nitrogen and oxygen atoms in total. The number of pyridine rings is 1. The Morgan fingerprint density at radius 2 is 1.64 bits per heavy atom. The molecule has 0 aliphatic carbocycles. The van der Waals surface area contributed by atoms with Crippen LogP contribution in [-0.4, -0.2) is 31.0 Å². The lowest BCUT2D eigenvalue weighted by Gasteiger charge is -2.13. The van der Waals surface area contributed by atoms with Crippen LogP contribution in [0, 0.1) is 0 Å². The molecule has 1 aromatic heterocycles. The van der Waals surface area contributed by atoms with Crippen LogP contribution in [0.1, 0.15) is 20.7 Å². The Bertz CT molecular complexity index is 990. The van der Waals surface area contributed by atoms with E-state index in [1.54, 1.807) is 60.8 Å². The van der Waals surface area contributed by atoms with Gasteiger partial charge in [-0.1, -0.05) is 12.1 Å². The topological polar surface area (TPSA) is 89.6 Å². The zero-order chi connectivity index (χ0) is 19.9. The van der Waals surface area contributed by atoms with Crippen molar-refractivity contribution in [3.63, 3.8) is 0 Å². The van der Waals surface area contributed by atoms with Gasteiger partial charge >= 0.3 is 0 Å². The largest absolute Gasteiger partial charge is 0.493 e. The third kappa shape index (κ3) is 4.27. The van der Waals surface area contributed by atoms with Crippen molar-refractivity contribution in [2.45, 2.75) is 0 Å². The van der Waals surface area contributed by atoms with Crippen molar-refractivity contribution >= 4 is 23.2 Å². The Labute approximate surface area is 162 Å². The van der Waals surface area contributed by atoms with Crippen molar-refractivity contribution < 1.29 is 19.1 Å². The van der Waals surface area contributed by atoms with Gasteiger partial charge in [-0.05, 0) is 36.4 Å². The van der Waals surface area contributed by atoms with Crippen LogP contribution in [-0.2, 0) is 0 Å². The molecule has 0 unspecified atom stereocenters. The predicted molar refractivity (Wildman–Crippen MR) is 106 cm³/mol. The van der Waals surface area contributed by atoms with Crippen LogP contribution in [0.15, 0.2) is 67.0 Å². The van der Waals surface area contributed by atoms with E-state index < -0.39 is 0 Å². The number of rotatable bonds is 6. The number of carbonyl (C=O) groups excluding carboxylic acids is 2. The minimum atomic E-state index is -0.366. The highest BCUT2D eigenvalue weighted by Gasteiger charge is 2.15. The summed E-state index contributed by atoms with van der Waals surface area (Å²) in [6, 6.07) is 15.1. The van der Waals surface area contributed by atoms with Gasteiger partial charge in [-0.3, -0.25) is 14.6 Å². The Balaban J connectivity index is 1.80. The normalized spacial score (nSPS) is 10.1. The summed E-state index contributed by atoms with van der Waals surface area (Å²) in [6.07, 6.45) is 3.04. The summed E-state index contributed by atoms with van der Waals surface area (Å²) in [4.78, 5) is 29.1. The fourth-order valence-corrected chi connectivity index (χ4v) is 2.59. The average molecular weight is 377 g/mol. The van der Waals surface area contributed by atoms with Gasteiger partial charge in [0.2, 0.25) is 0 Å². The second-order valence-corrected chi connectivity index (χ2v) is 5.77. The van der Waals surface area contributed by atoms with Crippen LogP contribution in [0.2, 0.25) is 0 Å². The van der Waals surface area contributed by atoms with Crippen LogP contribution in [0.4, 0.5) is 11.4 Å². The highest BCUT2D eigenvalue weighted by atomic mass is 16.5. The van der Waals surface area contributed by atoms with Gasteiger partial charge in [-0.15, -0.1) is 0 Å². The van der Waals surface area contributed by atoms with Crippen molar-refractivity contribution in [1.29, 1.82) is 0 Å². The molecule has 3 rings (SSSR count). The minimum absolute atomic E-state index is 0.328. The highest BCUT2D eigenvalue weighted by Crippen LogP contribution is 2.30. The van der Waals surface area contributed by atoms with E-state index in [-0.39, 0.29) is 11.8 Å². The number of ether oxygens (including phenoxy) is 2. The first-order valence-electron chi connectivity index (χ1n) is 8.46. The standard InChI is InChI=1S/C21H19N3O4/c1-27-18-10-9-15(12-19(18)28-2)23-21(26)16-7-3-4-8-17(16)24-20(25)14-6-5-11-22-13-14/h3-13H,1-2H3,(H,23,26)(H,24,25). The van der Waals surface area contributed by atoms with Gasteiger partial charge in [0.1, 0.15) is 0 Å². The van der Waals surface area contributed by atoms with E-state index in [2.05, 4.69) is 15.6 Å². The third-order valence-electron chi connectivity index (χ3n) is 3.99. The maximum Gasteiger partial charge on any atom is 0.257 e. The Morgan fingerprint density at radius 3 is 2.36 bits per heavy atom. The van der Waals surface area contributed by atoms with E-state index in [1.165, 1.54) is 20.4 Å². The smallest absolute Gasteiger partial charge is 0.257 e. The molecule has 2 amide bonds. The molecular formula is C21H19N3O4. The summed E-state index contributed by atoms with van der Waals surface area (Å²) < 4.78 is 10.4. The van der Waals surface area contributed by atoms with E-state index in [1.807, 2.05) is 0 Å². The average Bonchev–Trinajstić information content (AvgIpc) is 2.74. The molecule has 0 bridgehead atoms. The van der Waals surface area contributed by atoms with Crippen molar-refractivity contribution in [2.75, 3.05) is 24.9 Å². The van der Waals surface area contributed by atoms with Gasteiger partial charge in [0.25, 0.3) is 11.8 Å². The molecule has 28 heavy (non-hydrogen) atoms. The Kier molecular flexibility index (Phi) is 5.86. The molecule has 0 spiro atoms. The molecule has 0 radical (unpaired) electrons. The highest BCUT2D eigenvalue weighted by molar-refractivity contribution is 6.12. The lowest BCUT2D eigenvalue weighted by atomic mass is 10.1. The maximum atomic E-state index is 12.8. The summed E-state index contributed by atoms with van der Waals surface area (Å²) >= 11 is 0. The summed E-state index contributed by atoms with van der Waals surface area (Å²) in [5.41, 5.74) is 1.66. The molecule has 2 N–H and O–H groups in total. The molecule has 7 heteroatoms. The fourth-order valence-electron chi connectivity index (χ4n) is 2.59. The van der Waals surface area contributed by atoms with Crippen LogP contribution in [0.5, 0.6) is 11.5 Å². The SMILES string of the molecule is COc1ccc(NC(=O)c2ccccc2NC(=O)c2cccnc2)cc1OC. The molecule has 0 aliphatic rings. The number of amides is 2. The van der Waals surface area contributed by atoms with Crippen molar-refractivity contribution in [3.8, 4) is 11.5 Å². The van der Waals surface area contributed by atoms with Crippen molar-refractivity contribution in [1.82, 2.24) is 4.98 Å². The molecule has 142 valence electrons. The number of methoxy groups -OCH3 is 2. The number of benzene rings is 2. The van der Waals surface area contributed by atoms with Crippen LogP contribution in [0.25, 0.3) is 0 Å². The third-order valence-corrected chi connectivity index (χ3v) is 3.99. The summed E-state index contributed by atoms with van der Waals surface area (Å²) in [7, 11) is 3.06. The second kappa shape index (κ2) is 8.68. The van der Waals surface area contributed by atoms with E-state index in [9.17, 15) is 9.59 Å². The van der Waals surface area contributed by atoms with Crippen LogP contribution < -0.4 is 20.1 Å². The lowest BCUT2D eigenvalue weighted by molar-refractivity contribution is 0.102. The van der Waals surface area contributed by atoms with E-state index >= 15 is 0 Å². The number of nitrogens with one attached hydrogen (secondary N) is 2. The zero-order valence-electron chi connectivity index (χ0n) is 15.4. The number of hydrogen-bond donors (Lipinski definition) is 2. The first-order valence-corrected chi connectivity index (χ1v) is 8.46. The number of para-hydroxylation sites is 1. The van der Waals surface area contributed by atoms with Gasteiger partial charge in [-0.2, -0.15) is 0 Å². The molecule has 2 aromatic carbocycles. The number of aromatic nitrogens is 1. The Hall–Kier alpha value is -3.87. The molecule has 3 aromatic rings. The molecule has 0 atom stereocenters. The molecule has 0 saturated carbocycles. The number of carbonyl (C=O) groups is 2. The second-order valence-electron chi connectivity index (χ2n) is 5.77. The molecule has 0 saturated heterocycles. The minimum Gasteiger partial charge on any atom is -0.493 e. The van der Waals surface area contributed by atoms with Crippen LogP contribution in [0.3, 0.4) is 0 Å². The molecular weight excluding hydrogens is 358 g/mol. The zero-order valence-corrected chi connectivity index (χ0v) is 15.4. The number of anilines is 2. The lowest BCUT2D eigenvalue weighted by Crippen LogP contribution is -2.18. The molecule has 0 fully saturated rings. The van der Waals surface area contributed by atoms with Gasteiger partial charge in [0.05, 0.1) is 31.0 Å². The molecule has 1 heterocycles. The maximum absolute atomic E-state index is 12.8. The predicted octanol–water partition coefficient (Wildman–Crippen LogP) is 3.60. The summed E-state index contributed by atoms with van der Waals surface area (Å²) in [5, 5.41) is 5.55. The first kappa shape index (κ1) is 18.9. The van der Waals surface area contributed by atoms with Gasteiger partial charge in [0, 0.05) is 24.1 Å². The van der Waals surface area contributed by atoms with Gasteiger partial charge in [-0.25, -0.2) is 0 Å². The first-order chi connectivity index (χ1) is 13.6. The summed E-state index contributed by atoms with van der Waals surface area (Å²) in [6.45, 7) is 0. The van der Waals surface area contributed by atoms with Gasteiger partial charge in [0.15, 0.2) is 11.5 Å².